The van der Waals surface area contributed by atoms with E-state index in [-0.39, 0.29) is 5.69 Å². The Balaban J connectivity index is 2.59. The maximum absolute atomic E-state index is 13.2. The van der Waals surface area contributed by atoms with E-state index in [1.807, 2.05) is 0 Å². The lowest BCUT2D eigenvalue weighted by Crippen LogP contribution is -2.11. The number of aromatic carboxylic acids is 1. The Bertz CT molecular complexity index is 744. The van der Waals surface area contributed by atoms with E-state index >= 15 is 0 Å². The number of hydrogen-bond donors (Lipinski definition) is 1. The van der Waals surface area contributed by atoms with Crippen molar-refractivity contribution in [3.8, 4) is 5.69 Å². The van der Waals surface area contributed by atoms with Crippen LogP contribution in [-0.4, -0.2) is 26.1 Å². The number of halogens is 3. The molecule has 22 heavy (non-hydrogen) atoms. The number of hydrogen-bond acceptors (Lipinski definition) is 3. The third-order valence-electron chi connectivity index (χ3n) is 2.74. The molecule has 1 aromatic heterocycles. The molecule has 2 aromatic rings. The first-order valence-electron chi connectivity index (χ1n) is 6.20. The van der Waals surface area contributed by atoms with Crippen LogP contribution in [0.2, 0.25) is 0 Å². The zero-order valence-corrected chi connectivity index (χ0v) is 11.7. The summed E-state index contributed by atoms with van der Waals surface area (Å²) in [5, 5.41) is 15.5. The molecule has 1 heterocycles. The number of aromatic nitrogens is 3. The second-order valence-electron chi connectivity index (χ2n) is 4.85. The molecule has 0 unspecified atom stereocenters. The monoisotopic (exact) mass is 311 g/mol. The lowest BCUT2D eigenvalue weighted by atomic mass is 10.1. The van der Waals surface area contributed by atoms with Gasteiger partial charge in [-0.3, -0.25) is 0 Å². The van der Waals surface area contributed by atoms with Crippen molar-refractivity contribution in [1.82, 2.24) is 15.0 Å². The summed E-state index contributed by atoms with van der Waals surface area (Å²) in [5.41, 5.74) is -0.367. The van der Waals surface area contributed by atoms with Gasteiger partial charge in [-0.1, -0.05) is 22.9 Å². The smallest absolute Gasteiger partial charge is 0.418 e. The summed E-state index contributed by atoms with van der Waals surface area (Å²) < 4.78 is 40.5. The highest BCUT2D eigenvalue weighted by Gasteiger charge is 2.34. The minimum atomic E-state index is -4.60. The minimum absolute atomic E-state index is 0.279. The first kappa shape index (κ1) is 15.7. The van der Waals surface area contributed by atoms with Crippen LogP contribution in [0.5, 0.6) is 0 Å². The van der Waals surface area contributed by atoms with Gasteiger partial charge in [0.25, 0.3) is 0 Å². The van der Waals surface area contributed by atoms with E-state index in [0.29, 0.717) is 5.56 Å². The molecule has 0 bridgehead atoms. The third kappa shape index (κ3) is 3.33. The SMILES string of the molecule is CC(C)=Cc1ccc(-n2cc(C(=O)O)nn2)c(C(F)(F)F)c1. The Morgan fingerprint density at radius 1 is 1.32 bits per heavy atom. The van der Waals surface area contributed by atoms with E-state index in [0.717, 1.165) is 22.5 Å². The van der Waals surface area contributed by atoms with Crippen LogP contribution in [0.25, 0.3) is 11.8 Å². The molecular weight excluding hydrogens is 299 g/mol. The average molecular weight is 311 g/mol. The molecule has 116 valence electrons. The molecule has 0 fully saturated rings. The van der Waals surface area contributed by atoms with E-state index in [9.17, 15) is 18.0 Å². The van der Waals surface area contributed by atoms with Crippen LogP contribution in [0, 0.1) is 0 Å². The molecule has 8 heteroatoms. The quantitative estimate of drug-likeness (QED) is 0.943. The molecule has 1 N–H and O–H groups in total. The average Bonchev–Trinajstić information content (AvgIpc) is 2.86. The van der Waals surface area contributed by atoms with Gasteiger partial charge in [-0.05, 0) is 31.5 Å². The third-order valence-corrected chi connectivity index (χ3v) is 2.74. The summed E-state index contributed by atoms with van der Waals surface area (Å²) >= 11 is 0. The van der Waals surface area contributed by atoms with Crippen molar-refractivity contribution in [2.75, 3.05) is 0 Å². The predicted octanol–water partition coefficient (Wildman–Crippen LogP) is 3.41. The van der Waals surface area contributed by atoms with Gasteiger partial charge < -0.3 is 5.11 Å². The molecule has 0 aliphatic rings. The van der Waals surface area contributed by atoms with E-state index < -0.39 is 23.4 Å². The molecule has 0 saturated heterocycles. The van der Waals surface area contributed by atoms with Crippen LogP contribution in [0.4, 0.5) is 13.2 Å². The number of rotatable bonds is 3. The zero-order chi connectivity index (χ0) is 16.5. The van der Waals surface area contributed by atoms with Crippen molar-refractivity contribution in [3.63, 3.8) is 0 Å². The van der Waals surface area contributed by atoms with Gasteiger partial charge in [0.1, 0.15) is 0 Å². The van der Waals surface area contributed by atoms with Crippen molar-refractivity contribution in [1.29, 1.82) is 0 Å². The van der Waals surface area contributed by atoms with Gasteiger partial charge in [0.15, 0.2) is 5.69 Å². The highest BCUT2D eigenvalue weighted by Crippen LogP contribution is 2.34. The summed E-state index contributed by atoms with van der Waals surface area (Å²) in [7, 11) is 0. The highest BCUT2D eigenvalue weighted by molar-refractivity contribution is 5.84. The van der Waals surface area contributed by atoms with Crippen LogP contribution in [0.15, 0.2) is 30.0 Å². The molecular formula is C14H12F3N3O2. The number of allylic oxidation sites excluding steroid dienone is 1. The van der Waals surface area contributed by atoms with Gasteiger partial charge >= 0.3 is 12.1 Å². The first-order chi connectivity index (χ1) is 10.2. The lowest BCUT2D eigenvalue weighted by molar-refractivity contribution is -0.137. The summed E-state index contributed by atoms with van der Waals surface area (Å²) in [4.78, 5) is 10.8. The topological polar surface area (TPSA) is 68.0 Å². The number of benzene rings is 1. The normalized spacial score (nSPS) is 11.3. The Morgan fingerprint density at radius 2 is 2.00 bits per heavy atom. The van der Waals surface area contributed by atoms with Crippen LogP contribution < -0.4 is 0 Å². The van der Waals surface area contributed by atoms with Crippen molar-refractivity contribution < 1.29 is 23.1 Å². The number of carbonyl (C=O) groups is 1. The Kier molecular flexibility index (Phi) is 4.03. The van der Waals surface area contributed by atoms with Gasteiger partial charge in [-0.2, -0.15) is 13.2 Å². The van der Waals surface area contributed by atoms with Crippen molar-refractivity contribution in [2.45, 2.75) is 20.0 Å². The standard InChI is InChI=1S/C14H12F3N3O2/c1-8(2)5-9-3-4-12(10(6-9)14(15,16)17)20-7-11(13(21)22)18-19-20/h3-7H,1-2H3,(H,21,22). The summed E-state index contributed by atoms with van der Waals surface area (Å²) in [5.74, 6) is -1.36. The molecule has 1 aromatic carbocycles. The van der Waals surface area contributed by atoms with Crippen molar-refractivity contribution >= 4 is 12.0 Å². The fourth-order valence-corrected chi connectivity index (χ4v) is 1.88. The predicted molar refractivity (Wildman–Crippen MR) is 72.6 cm³/mol. The van der Waals surface area contributed by atoms with E-state index in [4.69, 9.17) is 5.11 Å². The van der Waals surface area contributed by atoms with Gasteiger partial charge in [0.2, 0.25) is 0 Å². The Labute approximate surface area is 123 Å². The first-order valence-corrected chi connectivity index (χ1v) is 6.20. The number of nitrogens with zero attached hydrogens (tertiary/aromatic N) is 3. The molecule has 0 radical (unpaired) electrons. The van der Waals surface area contributed by atoms with Gasteiger partial charge in [0.05, 0.1) is 17.4 Å². The molecule has 5 nitrogen and oxygen atoms in total. The summed E-state index contributed by atoms with van der Waals surface area (Å²) in [6.45, 7) is 3.55. The van der Waals surface area contributed by atoms with Crippen LogP contribution in [0.3, 0.4) is 0 Å². The molecule has 0 aliphatic heterocycles. The van der Waals surface area contributed by atoms with Gasteiger partial charge in [-0.25, -0.2) is 9.48 Å². The highest BCUT2D eigenvalue weighted by atomic mass is 19.4. The number of carboxylic acid groups (broad SMARTS) is 1. The molecule has 2 rings (SSSR count). The van der Waals surface area contributed by atoms with Gasteiger partial charge in [-0.15, -0.1) is 5.10 Å². The maximum atomic E-state index is 13.2. The molecule has 0 saturated carbocycles. The maximum Gasteiger partial charge on any atom is 0.418 e. The van der Waals surface area contributed by atoms with Crippen molar-refractivity contribution in [3.05, 3.63) is 46.8 Å². The second kappa shape index (κ2) is 5.63. The molecule has 0 atom stereocenters. The second-order valence-corrected chi connectivity index (χ2v) is 4.85. The number of carboxylic acids is 1. The van der Waals surface area contributed by atoms with E-state index in [1.165, 1.54) is 12.1 Å². The lowest BCUT2D eigenvalue weighted by Gasteiger charge is -2.13. The number of alkyl halides is 3. The Hall–Kier alpha value is -2.64. The molecule has 0 spiro atoms. The minimum Gasteiger partial charge on any atom is -0.476 e. The van der Waals surface area contributed by atoms with Crippen molar-refractivity contribution in [2.24, 2.45) is 0 Å². The van der Waals surface area contributed by atoms with Crippen LogP contribution in [-0.2, 0) is 6.18 Å². The largest absolute Gasteiger partial charge is 0.476 e. The van der Waals surface area contributed by atoms with Crippen LogP contribution in [0.1, 0.15) is 35.5 Å². The van der Waals surface area contributed by atoms with Gasteiger partial charge in [0, 0.05) is 0 Å². The molecule has 0 aliphatic carbocycles. The van der Waals surface area contributed by atoms with E-state index in [1.54, 1.807) is 19.9 Å². The summed E-state index contributed by atoms with van der Waals surface area (Å²) in [6, 6.07) is 3.72. The van der Waals surface area contributed by atoms with E-state index in [2.05, 4.69) is 10.3 Å². The summed E-state index contributed by atoms with van der Waals surface area (Å²) in [6.07, 6.45) is -2.05. The zero-order valence-electron chi connectivity index (χ0n) is 11.7. The van der Waals surface area contributed by atoms with Crippen LogP contribution >= 0.6 is 0 Å². The fourth-order valence-electron chi connectivity index (χ4n) is 1.88. The molecule has 0 amide bonds. The Morgan fingerprint density at radius 3 is 2.50 bits per heavy atom. The fraction of sp³-hybridized carbons (Fsp3) is 0.214.